The van der Waals surface area contributed by atoms with E-state index in [-0.39, 0.29) is 11.9 Å². The number of carbonyl (C=O) groups excluding carboxylic acids is 1. The average molecular weight is 387 g/mol. The van der Waals surface area contributed by atoms with E-state index in [1.54, 1.807) is 47.9 Å². The first-order chi connectivity index (χ1) is 13.6. The first-order valence-electron chi connectivity index (χ1n) is 8.80. The summed E-state index contributed by atoms with van der Waals surface area (Å²) in [5.41, 5.74) is 3.12. The lowest BCUT2D eigenvalue weighted by Gasteiger charge is -2.10. The van der Waals surface area contributed by atoms with Crippen LogP contribution in [0.15, 0.2) is 54.0 Å². The van der Waals surface area contributed by atoms with Gasteiger partial charge in [0.05, 0.1) is 39.4 Å². The van der Waals surface area contributed by atoms with Gasteiger partial charge in [0.25, 0.3) is 5.91 Å². The minimum Gasteiger partial charge on any atom is -0.322 e. The summed E-state index contributed by atoms with van der Waals surface area (Å²) in [5.74, 6) is -0.238. The number of rotatable bonds is 4. The van der Waals surface area contributed by atoms with Crippen LogP contribution in [0.5, 0.6) is 0 Å². The Balaban J connectivity index is 1.80. The minimum absolute atomic E-state index is 0.123. The smallest absolute Gasteiger partial charge is 0.256 e. The van der Waals surface area contributed by atoms with Crippen molar-refractivity contribution in [2.75, 3.05) is 5.32 Å². The third-order valence-corrected chi connectivity index (χ3v) is 5.24. The van der Waals surface area contributed by atoms with Crippen LogP contribution in [-0.2, 0) is 0 Å². The van der Waals surface area contributed by atoms with E-state index in [1.165, 1.54) is 0 Å². The Labute approximate surface area is 166 Å². The zero-order valence-corrected chi connectivity index (χ0v) is 16.2. The SMILES string of the molecule is CC(C)n1ncc2c(C(=O)Nc3ccc(C#N)cc3)cc(-c3cccs3)nc21. The van der Waals surface area contributed by atoms with Gasteiger partial charge in [-0.05, 0) is 55.6 Å². The molecule has 0 aliphatic rings. The van der Waals surface area contributed by atoms with E-state index >= 15 is 0 Å². The number of nitrogens with one attached hydrogen (secondary N) is 1. The third-order valence-electron chi connectivity index (χ3n) is 4.35. The van der Waals surface area contributed by atoms with E-state index in [4.69, 9.17) is 10.2 Å². The number of amides is 1. The van der Waals surface area contributed by atoms with Crippen molar-refractivity contribution in [3.63, 3.8) is 0 Å². The van der Waals surface area contributed by atoms with Crippen molar-refractivity contribution in [3.8, 4) is 16.6 Å². The van der Waals surface area contributed by atoms with Crippen LogP contribution >= 0.6 is 11.3 Å². The number of hydrogen-bond acceptors (Lipinski definition) is 5. The molecule has 0 atom stereocenters. The molecule has 138 valence electrons. The summed E-state index contributed by atoms with van der Waals surface area (Å²) in [4.78, 5) is 18.8. The molecule has 0 saturated carbocycles. The van der Waals surface area contributed by atoms with E-state index < -0.39 is 0 Å². The number of nitrogens with zero attached hydrogens (tertiary/aromatic N) is 4. The molecule has 1 aromatic carbocycles. The predicted octanol–water partition coefficient (Wildman–Crippen LogP) is 4.86. The average Bonchev–Trinajstić information content (AvgIpc) is 3.37. The predicted molar refractivity (Wildman–Crippen MR) is 110 cm³/mol. The summed E-state index contributed by atoms with van der Waals surface area (Å²) >= 11 is 1.58. The van der Waals surface area contributed by atoms with Crippen molar-refractivity contribution in [3.05, 3.63) is 65.2 Å². The summed E-state index contributed by atoms with van der Waals surface area (Å²) in [7, 11) is 0. The van der Waals surface area contributed by atoms with Gasteiger partial charge in [-0.1, -0.05) is 6.07 Å². The first kappa shape index (κ1) is 17.9. The van der Waals surface area contributed by atoms with Crippen LogP contribution in [0.25, 0.3) is 21.6 Å². The van der Waals surface area contributed by atoms with Crippen molar-refractivity contribution in [1.82, 2.24) is 14.8 Å². The number of benzene rings is 1. The van der Waals surface area contributed by atoms with Crippen LogP contribution in [0.1, 0.15) is 35.8 Å². The van der Waals surface area contributed by atoms with Gasteiger partial charge in [-0.25, -0.2) is 9.67 Å². The number of anilines is 1. The maximum atomic E-state index is 13.0. The highest BCUT2D eigenvalue weighted by atomic mass is 32.1. The molecule has 1 N–H and O–H groups in total. The van der Waals surface area contributed by atoms with Crippen LogP contribution < -0.4 is 5.32 Å². The molecule has 0 unspecified atom stereocenters. The van der Waals surface area contributed by atoms with Gasteiger partial charge in [0.2, 0.25) is 0 Å². The van der Waals surface area contributed by atoms with Crippen LogP contribution in [0.3, 0.4) is 0 Å². The highest BCUT2D eigenvalue weighted by Gasteiger charge is 2.19. The van der Waals surface area contributed by atoms with Gasteiger partial charge in [0, 0.05) is 11.7 Å². The molecule has 3 aromatic heterocycles. The van der Waals surface area contributed by atoms with E-state index in [9.17, 15) is 4.79 Å². The molecule has 6 nitrogen and oxygen atoms in total. The van der Waals surface area contributed by atoms with Crippen molar-refractivity contribution >= 4 is 34.0 Å². The number of hydrogen-bond donors (Lipinski definition) is 1. The molecule has 4 rings (SSSR count). The van der Waals surface area contributed by atoms with Crippen molar-refractivity contribution in [1.29, 1.82) is 5.26 Å². The second-order valence-electron chi connectivity index (χ2n) is 6.60. The number of carbonyl (C=O) groups is 1. The molecule has 0 fully saturated rings. The molecule has 7 heteroatoms. The summed E-state index contributed by atoms with van der Waals surface area (Å²) < 4.78 is 1.82. The molecule has 28 heavy (non-hydrogen) atoms. The van der Waals surface area contributed by atoms with Crippen LogP contribution in [0.2, 0.25) is 0 Å². The lowest BCUT2D eigenvalue weighted by molar-refractivity contribution is 0.102. The Bertz CT molecular complexity index is 1180. The van der Waals surface area contributed by atoms with E-state index in [1.807, 2.05) is 36.0 Å². The maximum Gasteiger partial charge on any atom is 0.256 e. The monoisotopic (exact) mass is 387 g/mol. The van der Waals surface area contributed by atoms with Gasteiger partial charge in [0.1, 0.15) is 0 Å². The second kappa shape index (κ2) is 7.25. The molecular weight excluding hydrogens is 370 g/mol. The minimum atomic E-state index is -0.238. The Morgan fingerprint density at radius 3 is 2.68 bits per heavy atom. The Morgan fingerprint density at radius 1 is 1.25 bits per heavy atom. The molecule has 0 aliphatic carbocycles. The molecule has 1 amide bonds. The van der Waals surface area contributed by atoms with Gasteiger partial charge >= 0.3 is 0 Å². The quantitative estimate of drug-likeness (QED) is 0.542. The number of aromatic nitrogens is 3. The van der Waals surface area contributed by atoms with Gasteiger partial charge in [-0.15, -0.1) is 11.3 Å². The zero-order chi connectivity index (χ0) is 19.7. The largest absolute Gasteiger partial charge is 0.322 e. The van der Waals surface area contributed by atoms with Crippen molar-refractivity contribution in [2.24, 2.45) is 0 Å². The normalized spacial score (nSPS) is 10.9. The molecule has 0 spiro atoms. The van der Waals surface area contributed by atoms with E-state index in [0.717, 1.165) is 10.6 Å². The van der Waals surface area contributed by atoms with Crippen LogP contribution in [-0.4, -0.2) is 20.7 Å². The number of fused-ring (bicyclic) bond motifs is 1. The van der Waals surface area contributed by atoms with E-state index in [0.29, 0.717) is 27.8 Å². The fraction of sp³-hybridized carbons (Fsp3) is 0.143. The lowest BCUT2D eigenvalue weighted by Crippen LogP contribution is -2.13. The van der Waals surface area contributed by atoms with Gasteiger partial charge < -0.3 is 5.32 Å². The standard InChI is InChI=1S/C21H17N5OS/c1-13(2)26-20-17(12-23-26)16(10-18(25-20)19-4-3-9-28-19)21(27)24-15-7-5-14(11-22)6-8-15/h3-10,12-13H,1-2H3,(H,24,27). The molecule has 4 aromatic rings. The topological polar surface area (TPSA) is 83.6 Å². The Morgan fingerprint density at radius 2 is 2.04 bits per heavy atom. The number of thiophene rings is 1. The molecular formula is C21H17N5OS. The molecule has 0 radical (unpaired) electrons. The highest BCUT2D eigenvalue weighted by Crippen LogP contribution is 2.29. The van der Waals surface area contributed by atoms with Gasteiger partial charge in [-0.2, -0.15) is 10.4 Å². The van der Waals surface area contributed by atoms with Gasteiger partial charge in [-0.3, -0.25) is 4.79 Å². The molecule has 0 bridgehead atoms. The first-order valence-corrected chi connectivity index (χ1v) is 9.68. The summed E-state index contributed by atoms with van der Waals surface area (Å²) in [6.07, 6.45) is 1.69. The lowest BCUT2D eigenvalue weighted by atomic mass is 10.1. The maximum absolute atomic E-state index is 13.0. The van der Waals surface area contributed by atoms with Gasteiger partial charge in [0.15, 0.2) is 5.65 Å². The van der Waals surface area contributed by atoms with Crippen molar-refractivity contribution in [2.45, 2.75) is 19.9 Å². The fourth-order valence-corrected chi connectivity index (χ4v) is 3.65. The molecule has 0 saturated heterocycles. The second-order valence-corrected chi connectivity index (χ2v) is 7.54. The Kier molecular flexibility index (Phi) is 4.63. The summed E-state index contributed by atoms with van der Waals surface area (Å²) in [5, 5.41) is 18.9. The van der Waals surface area contributed by atoms with Crippen LogP contribution in [0, 0.1) is 11.3 Å². The summed E-state index contributed by atoms with van der Waals surface area (Å²) in [6, 6.07) is 14.7. The Hall–Kier alpha value is -3.50. The van der Waals surface area contributed by atoms with E-state index in [2.05, 4.69) is 16.5 Å². The highest BCUT2D eigenvalue weighted by molar-refractivity contribution is 7.13. The van der Waals surface area contributed by atoms with Crippen LogP contribution in [0.4, 0.5) is 5.69 Å². The third kappa shape index (κ3) is 3.26. The molecule has 3 heterocycles. The summed E-state index contributed by atoms with van der Waals surface area (Å²) in [6.45, 7) is 4.06. The van der Waals surface area contributed by atoms with Crippen molar-refractivity contribution < 1.29 is 4.79 Å². The molecule has 0 aliphatic heterocycles. The number of pyridine rings is 1. The number of nitriles is 1. The fourth-order valence-electron chi connectivity index (χ4n) is 2.96. The zero-order valence-electron chi connectivity index (χ0n) is 15.4.